The van der Waals surface area contributed by atoms with Crippen molar-refractivity contribution >= 4 is 5.97 Å². The van der Waals surface area contributed by atoms with Gasteiger partial charge in [0.25, 0.3) is 0 Å². The van der Waals surface area contributed by atoms with Crippen LogP contribution < -0.4 is 0 Å². The second-order valence-corrected chi connectivity index (χ2v) is 3.82. The van der Waals surface area contributed by atoms with E-state index in [1.165, 1.54) is 7.11 Å². The van der Waals surface area contributed by atoms with E-state index in [0.29, 0.717) is 6.42 Å². The summed E-state index contributed by atoms with van der Waals surface area (Å²) in [7, 11) is 1.28. The van der Waals surface area contributed by atoms with E-state index in [4.69, 9.17) is 0 Å². The van der Waals surface area contributed by atoms with E-state index in [1.807, 2.05) is 0 Å². The normalized spacial score (nSPS) is 14.7. The lowest BCUT2D eigenvalue weighted by Gasteiger charge is -2.14. The van der Waals surface area contributed by atoms with Gasteiger partial charge in [0, 0.05) is 0 Å². The molecule has 0 spiro atoms. The van der Waals surface area contributed by atoms with Crippen molar-refractivity contribution in [1.29, 1.82) is 0 Å². The molecule has 0 aliphatic heterocycles. The molecule has 4 nitrogen and oxygen atoms in total. The van der Waals surface area contributed by atoms with Crippen molar-refractivity contribution in [1.82, 2.24) is 0 Å². The maximum atomic E-state index is 10.8. The quantitative estimate of drug-likeness (QED) is 0.475. The first kappa shape index (κ1) is 14.4. The first-order valence-electron chi connectivity index (χ1n) is 5.53. The van der Waals surface area contributed by atoms with Crippen molar-refractivity contribution in [3.05, 3.63) is 0 Å². The SMILES string of the molecule is CCCCC[C@H](O)C[C@@H](O)CC(=O)OC. The van der Waals surface area contributed by atoms with Gasteiger partial charge in [0.05, 0.1) is 25.7 Å². The number of methoxy groups -OCH3 is 1. The number of unbranched alkanes of at least 4 members (excludes halogenated alkanes) is 2. The molecule has 2 N–H and O–H groups in total. The van der Waals surface area contributed by atoms with Crippen molar-refractivity contribution in [3.63, 3.8) is 0 Å². The molecule has 0 unspecified atom stereocenters. The highest BCUT2D eigenvalue weighted by Crippen LogP contribution is 2.10. The largest absolute Gasteiger partial charge is 0.469 e. The number of carbonyl (C=O) groups excluding carboxylic acids is 1. The zero-order valence-corrected chi connectivity index (χ0v) is 9.61. The molecule has 0 saturated heterocycles. The fourth-order valence-electron chi connectivity index (χ4n) is 1.42. The molecule has 0 aromatic rings. The summed E-state index contributed by atoms with van der Waals surface area (Å²) in [5.74, 6) is -0.441. The number of hydrogen-bond donors (Lipinski definition) is 2. The van der Waals surface area contributed by atoms with Gasteiger partial charge in [-0.15, -0.1) is 0 Å². The minimum atomic E-state index is -0.797. The van der Waals surface area contributed by atoms with Crippen LogP contribution in [0.2, 0.25) is 0 Å². The number of rotatable bonds is 8. The average Bonchev–Trinajstić information content (AvgIpc) is 2.17. The molecule has 4 heteroatoms. The van der Waals surface area contributed by atoms with Gasteiger partial charge in [-0.2, -0.15) is 0 Å². The molecule has 0 bridgehead atoms. The van der Waals surface area contributed by atoms with E-state index in [1.54, 1.807) is 0 Å². The van der Waals surface area contributed by atoms with Gasteiger partial charge in [-0.25, -0.2) is 0 Å². The van der Waals surface area contributed by atoms with Crippen LogP contribution in [0.4, 0.5) is 0 Å². The Bertz CT molecular complexity index is 170. The van der Waals surface area contributed by atoms with Crippen LogP contribution >= 0.6 is 0 Å². The standard InChI is InChI=1S/C11H22O4/c1-3-4-5-6-9(12)7-10(13)8-11(14)15-2/h9-10,12-13H,3-8H2,1-2H3/t9-,10+/m0/s1. The lowest BCUT2D eigenvalue weighted by Crippen LogP contribution is -2.21. The van der Waals surface area contributed by atoms with E-state index in [0.717, 1.165) is 19.3 Å². The summed E-state index contributed by atoms with van der Waals surface area (Å²) in [6, 6.07) is 0. The third-order valence-corrected chi connectivity index (χ3v) is 2.32. The highest BCUT2D eigenvalue weighted by Gasteiger charge is 2.15. The number of esters is 1. The molecule has 15 heavy (non-hydrogen) atoms. The van der Waals surface area contributed by atoms with Crippen molar-refractivity contribution in [3.8, 4) is 0 Å². The van der Waals surface area contributed by atoms with Crippen LogP contribution in [0, 0.1) is 0 Å². The Morgan fingerprint density at radius 2 is 1.93 bits per heavy atom. The number of ether oxygens (including phenoxy) is 1. The lowest BCUT2D eigenvalue weighted by atomic mass is 10.0. The maximum absolute atomic E-state index is 10.8. The molecule has 0 aromatic carbocycles. The Hall–Kier alpha value is -0.610. The van der Waals surface area contributed by atoms with Gasteiger partial charge in [-0.05, 0) is 12.8 Å². The second kappa shape index (κ2) is 8.68. The second-order valence-electron chi connectivity index (χ2n) is 3.82. The number of aliphatic hydroxyl groups is 2. The minimum absolute atomic E-state index is 0.0403. The summed E-state index contributed by atoms with van der Waals surface area (Å²) in [6.07, 6.45) is 2.74. The van der Waals surface area contributed by atoms with Gasteiger partial charge in [-0.3, -0.25) is 4.79 Å². The van der Waals surface area contributed by atoms with Gasteiger partial charge < -0.3 is 14.9 Å². The summed E-state index contributed by atoms with van der Waals surface area (Å²) in [6.45, 7) is 2.10. The van der Waals surface area contributed by atoms with Crippen LogP contribution in [0.15, 0.2) is 0 Å². The monoisotopic (exact) mass is 218 g/mol. The molecular weight excluding hydrogens is 196 g/mol. The minimum Gasteiger partial charge on any atom is -0.469 e. The first-order chi connectivity index (χ1) is 7.10. The topological polar surface area (TPSA) is 66.8 Å². The summed E-state index contributed by atoms with van der Waals surface area (Å²) < 4.78 is 4.42. The summed E-state index contributed by atoms with van der Waals surface area (Å²) >= 11 is 0. The van der Waals surface area contributed by atoms with E-state index in [2.05, 4.69) is 11.7 Å². The lowest BCUT2D eigenvalue weighted by molar-refractivity contribution is -0.143. The predicted molar refractivity (Wildman–Crippen MR) is 57.4 cm³/mol. The Balaban J connectivity index is 3.56. The van der Waals surface area contributed by atoms with E-state index in [9.17, 15) is 15.0 Å². The van der Waals surface area contributed by atoms with E-state index >= 15 is 0 Å². The average molecular weight is 218 g/mol. The van der Waals surface area contributed by atoms with Crippen LogP contribution in [0.1, 0.15) is 45.4 Å². The summed E-state index contributed by atoms with van der Waals surface area (Å²) in [5, 5.41) is 18.9. The molecule has 0 heterocycles. The van der Waals surface area contributed by atoms with E-state index < -0.39 is 18.2 Å². The summed E-state index contributed by atoms with van der Waals surface area (Å²) in [5.41, 5.74) is 0. The van der Waals surface area contributed by atoms with E-state index in [-0.39, 0.29) is 12.8 Å². The Labute approximate surface area is 91.3 Å². The number of hydrogen-bond acceptors (Lipinski definition) is 4. The molecule has 0 amide bonds. The van der Waals surface area contributed by atoms with Crippen molar-refractivity contribution in [2.24, 2.45) is 0 Å². The van der Waals surface area contributed by atoms with Crippen LogP contribution in [0.3, 0.4) is 0 Å². The zero-order chi connectivity index (χ0) is 11.7. The summed E-state index contributed by atoms with van der Waals surface area (Å²) in [4.78, 5) is 10.8. The third kappa shape index (κ3) is 8.39. The van der Waals surface area contributed by atoms with Gasteiger partial charge in [0.1, 0.15) is 0 Å². The van der Waals surface area contributed by atoms with Gasteiger partial charge >= 0.3 is 5.97 Å². The smallest absolute Gasteiger partial charge is 0.308 e. The van der Waals surface area contributed by atoms with Crippen molar-refractivity contribution < 1.29 is 19.7 Å². The number of aliphatic hydroxyl groups excluding tert-OH is 2. The highest BCUT2D eigenvalue weighted by molar-refractivity contribution is 5.69. The van der Waals surface area contributed by atoms with Gasteiger partial charge in [0.15, 0.2) is 0 Å². The van der Waals surface area contributed by atoms with Crippen molar-refractivity contribution in [2.45, 2.75) is 57.7 Å². The molecule has 0 aliphatic carbocycles. The molecule has 0 saturated carbocycles. The Morgan fingerprint density at radius 1 is 1.27 bits per heavy atom. The van der Waals surface area contributed by atoms with Crippen LogP contribution in [-0.4, -0.2) is 35.5 Å². The predicted octanol–water partition coefficient (Wildman–Crippen LogP) is 1.24. The zero-order valence-electron chi connectivity index (χ0n) is 9.61. The molecule has 0 aromatic heterocycles. The van der Waals surface area contributed by atoms with Crippen LogP contribution in [0.5, 0.6) is 0 Å². The molecular formula is C11H22O4. The molecule has 2 atom stereocenters. The molecule has 0 radical (unpaired) electrons. The van der Waals surface area contributed by atoms with Crippen molar-refractivity contribution in [2.75, 3.05) is 7.11 Å². The maximum Gasteiger partial charge on any atom is 0.308 e. The highest BCUT2D eigenvalue weighted by atomic mass is 16.5. The number of carbonyl (C=O) groups is 1. The van der Waals surface area contributed by atoms with Gasteiger partial charge in [0.2, 0.25) is 0 Å². The Kier molecular flexibility index (Phi) is 8.33. The Morgan fingerprint density at radius 3 is 2.47 bits per heavy atom. The first-order valence-corrected chi connectivity index (χ1v) is 5.53. The van der Waals surface area contributed by atoms with Crippen LogP contribution in [-0.2, 0) is 9.53 Å². The molecule has 0 rings (SSSR count). The van der Waals surface area contributed by atoms with Crippen LogP contribution in [0.25, 0.3) is 0 Å². The fraction of sp³-hybridized carbons (Fsp3) is 0.909. The van der Waals surface area contributed by atoms with Gasteiger partial charge in [-0.1, -0.05) is 26.2 Å². The molecule has 0 aliphatic rings. The molecule has 0 fully saturated rings. The fourth-order valence-corrected chi connectivity index (χ4v) is 1.42. The molecule has 90 valence electrons. The third-order valence-electron chi connectivity index (χ3n) is 2.32.